The van der Waals surface area contributed by atoms with Crippen LogP contribution in [0.2, 0.25) is 0 Å². The van der Waals surface area contributed by atoms with Crippen molar-refractivity contribution in [2.24, 2.45) is 5.73 Å². The van der Waals surface area contributed by atoms with Gasteiger partial charge in [0.2, 0.25) is 5.91 Å². The second kappa shape index (κ2) is 5.62. The van der Waals surface area contributed by atoms with Gasteiger partial charge in [-0.15, -0.1) is 11.3 Å². The van der Waals surface area contributed by atoms with E-state index in [9.17, 15) is 4.79 Å². The highest BCUT2D eigenvalue weighted by Crippen LogP contribution is 2.41. The lowest BCUT2D eigenvalue weighted by Crippen LogP contribution is -2.54. The van der Waals surface area contributed by atoms with E-state index in [1.54, 1.807) is 11.3 Å². The largest absolute Gasteiger partial charge is 0.368 e. The van der Waals surface area contributed by atoms with Gasteiger partial charge in [0.05, 0.1) is 0 Å². The van der Waals surface area contributed by atoms with Crippen LogP contribution < -0.4 is 11.1 Å². The molecule has 2 unspecified atom stereocenters. The molecule has 2 aromatic rings. The van der Waals surface area contributed by atoms with Crippen molar-refractivity contribution in [3.05, 3.63) is 57.8 Å². The first-order valence-corrected chi connectivity index (χ1v) is 8.18. The second-order valence-corrected chi connectivity index (χ2v) is 6.76. The maximum Gasteiger partial charge on any atom is 0.242 e. The van der Waals surface area contributed by atoms with Gasteiger partial charge in [-0.25, -0.2) is 0 Å². The van der Waals surface area contributed by atoms with Crippen molar-refractivity contribution in [3.8, 4) is 0 Å². The fourth-order valence-electron chi connectivity index (χ4n) is 3.22. The smallest absolute Gasteiger partial charge is 0.242 e. The maximum absolute atomic E-state index is 12.3. The first-order valence-electron chi connectivity index (χ1n) is 7.30. The predicted molar refractivity (Wildman–Crippen MR) is 86.1 cm³/mol. The fourth-order valence-corrected chi connectivity index (χ4v) is 3.86. The van der Waals surface area contributed by atoms with Crippen LogP contribution in [0.4, 0.5) is 0 Å². The van der Waals surface area contributed by atoms with Gasteiger partial charge in [0.25, 0.3) is 0 Å². The Kier molecular flexibility index (Phi) is 3.83. The van der Waals surface area contributed by atoms with E-state index >= 15 is 0 Å². The van der Waals surface area contributed by atoms with Crippen LogP contribution in [0.3, 0.4) is 0 Å². The average molecular weight is 300 g/mol. The Morgan fingerprint density at radius 1 is 1.38 bits per heavy atom. The first-order chi connectivity index (χ1) is 10.1. The van der Waals surface area contributed by atoms with Crippen LogP contribution in [-0.4, -0.2) is 5.91 Å². The van der Waals surface area contributed by atoms with Crippen molar-refractivity contribution in [1.29, 1.82) is 0 Å². The van der Waals surface area contributed by atoms with Crippen LogP contribution in [0.25, 0.3) is 0 Å². The van der Waals surface area contributed by atoms with Crippen molar-refractivity contribution < 1.29 is 4.79 Å². The monoisotopic (exact) mass is 300 g/mol. The van der Waals surface area contributed by atoms with Gasteiger partial charge in [0.1, 0.15) is 5.54 Å². The van der Waals surface area contributed by atoms with Crippen molar-refractivity contribution in [2.75, 3.05) is 0 Å². The van der Waals surface area contributed by atoms with Gasteiger partial charge in [0.15, 0.2) is 0 Å². The number of hydrogen-bond acceptors (Lipinski definition) is 3. The molecule has 0 bridgehead atoms. The number of thiophene rings is 1. The molecule has 0 saturated heterocycles. The third kappa shape index (κ3) is 2.49. The molecule has 0 aliphatic heterocycles. The lowest BCUT2D eigenvalue weighted by molar-refractivity contribution is -0.125. The minimum atomic E-state index is -0.743. The minimum Gasteiger partial charge on any atom is -0.368 e. The highest BCUT2D eigenvalue weighted by Gasteiger charge is 2.43. The molecule has 1 aromatic heterocycles. The molecular formula is C17H20N2OS. The quantitative estimate of drug-likeness (QED) is 0.911. The van der Waals surface area contributed by atoms with E-state index in [1.807, 2.05) is 29.6 Å². The zero-order valence-electron chi connectivity index (χ0n) is 12.1. The summed E-state index contributed by atoms with van der Waals surface area (Å²) in [7, 11) is 0. The summed E-state index contributed by atoms with van der Waals surface area (Å²) in [6, 6.07) is 12.3. The van der Waals surface area contributed by atoms with Crippen molar-refractivity contribution in [2.45, 2.75) is 37.8 Å². The van der Waals surface area contributed by atoms with E-state index in [2.05, 4.69) is 24.4 Å². The molecule has 1 heterocycles. The molecule has 3 N–H and O–H groups in total. The van der Waals surface area contributed by atoms with Gasteiger partial charge in [0, 0.05) is 11.4 Å². The number of nitrogens with one attached hydrogen (secondary N) is 1. The molecule has 0 saturated carbocycles. The van der Waals surface area contributed by atoms with E-state index in [4.69, 9.17) is 5.73 Å². The summed E-state index contributed by atoms with van der Waals surface area (Å²) in [6.45, 7) is 2.88. The predicted octanol–water partition coefficient (Wildman–Crippen LogP) is 3.12. The molecule has 3 nitrogen and oxygen atoms in total. The highest BCUT2D eigenvalue weighted by molar-refractivity contribution is 7.09. The van der Waals surface area contributed by atoms with E-state index in [-0.39, 0.29) is 5.91 Å². The van der Waals surface area contributed by atoms with Crippen molar-refractivity contribution in [3.63, 3.8) is 0 Å². The van der Waals surface area contributed by atoms with E-state index in [1.165, 1.54) is 10.4 Å². The molecular weight excluding hydrogens is 280 g/mol. The Labute approximate surface area is 129 Å². The number of nitrogens with two attached hydrogens (primary N) is 1. The molecule has 1 amide bonds. The Hall–Kier alpha value is -1.65. The third-order valence-corrected chi connectivity index (χ3v) is 5.35. The molecule has 3 rings (SSSR count). The summed E-state index contributed by atoms with van der Waals surface area (Å²) in [5, 5.41) is 5.50. The summed E-state index contributed by atoms with van der Waals surface area (Å²) in [5.74, 6) is 0.190. The molecule has 1 aromatic carbocycles. The Bertz CT molecular complexity index is 638. The van der Waals surface area contributed by atoms with Gasteiger partial charge in [-0.1, -0.05) is 37.3 Å². The number of hydrogen-bond donors (Lipinski definition) is 2. The van der Waals surface area contributed by atoms with Gasteiger partial charge in [-0.2, -0.15) is 0 Å². The highest BCUT2D eigenvalue weighted by atomic mass is 32.1. The van der Waals surface area contributed by atoms with Gasteiger partial charge < -0.3 is 5.73 Å². The van der Waals surface area contributed by atoms with Crippen LogP contribution in [0.5, 0.6) is 0 Å². The third-order valence-electron chi connectivity index (χ3n) is 4.47. The number of primary amides is 1. The molecule has 0 radical (unpaired) electrons. The number of carbonyl (C=O) groups excluding carboxylic acids is 1. The zero-order chi connectivity index (χ0) is 14.9. The summed E-state index contributed by atoms with van der Waals surface area (Å²) < 4.78 is 0. The molecule has 4 heteroatoms. The Morgan fingerprint density at radius 3 is 2.90 bits per heavy atom. The van der Waals surface area contributed by atoms with Crippen LogP contribution in [0.15, 0.2) is 41.8 Å². The van der Waals surface area contributed by atoms with Crippen molar-refractivity contribution >= 4 is 17.2 Å². The molecule has 1 aliphatic carbocycles. The van der Waals surface area contributed by atoms with E-state index < -0.39 is 5.54 Å². The summed E-state index contributed by atoms with van der Waals surface area (Å²) in [6.07, 6.45) is 1.73. The standard InChI is InChI=1S/C17H20N2OS/c1-12-8-9-17(16(18)20,15-7-3-2-6-14(12)15)19-11-13-5-4-10-21-13/h2-7,10,12,19H,8-9,11H2,1H3,(H2,18,20). The molecule has 1 aliphatic rings. The second-order valence-electron chi connectivity index (χ2n) is 5.73. The van der Waals surface area contributed by atoms with Crippen LogP contribution in [0, 0.1) is 0 Å². The SMILES string of the molecule is CC1CCC(NCc2cccs2)(C(N)=O)c2ccccc21. The Morgan fingerprint density at radius 2 is 2.19 bits per heavy atom. The lowest BCUT2D eigenvalue weighted by Gasteiger charge is -2.39. The first kappa shape index (κ1) is 14.3. The average Bonchev–Trinajstić information content (AvgIpc) is 3.00. The number of carbonyl (C=O) groups is 1. The van der Waals surface area contributed by atoms with E-state index in [0.29, 0.717) is 12.5 Å². The number of fused-ring (bicyclic) bond motifs is 1. The van der Waals surface area contributed by atoms with Crippen molar-refractivity contribution in [1.82, 2.24) is 5.32 Å². The molecule has 2 atom stereocenters. The normalized spacial score (nSPS) is 24.5. The summed E-state index contributed by atoms with van der Waals surface area (Å²) in [5.41, 5.74) is 7.35. The molecule has 0 fully saturated rings. The number of rotatable bonds is 4. The topological polar surface area (TPSA) is 55.1 Å². The zero-order valence-corrected chi connectivity index (χ0v) is 13.0. The molecule has 21 heavy (non-hydrogen) atoms. The summed E-state index contributed by atoms with van der Waals surface area (Å²) in [4.78, 5) is 13.5. The maximum atomic E-state index is 12.3. The molecule has 0 spiro atoms. The lowest BCUT2D eigenvalue weighted by atomic mass is 9.72. The fraction of sp³-hybridized carbons (Fsp3) is 0.353. The van der Waals surface area contributed by atoms with Gasteiger partial charge >= 0.3 is 0 Å². The Balaban J connectivity index is 1.98. The van der Waals surface area contributed by atoms with E-state index in [0.717, 1.165) is 18.4 Å². The van der Waals surface area contributed by atoms with Crippen LogP contribution in [0.1, 0.15) is 41.7 Å². The summed E-state index contributed by atoms with van der Waals surface area (Å²) >= 11 is 1.69. The van der Waals surface area contributed by atoms with Gasteiger partial charge in [-0.05, 0) is 41.3 Å². The number of benzene rings is 1. The van der Waals surface area contributed by atoms with Crippen LogP contribution in [-0.2, 0) is 16.9 Å². The molecule has 110 valence electrons. The number of amides is 1. The van der Waals surface area contributed by atoms with Crippen LogP contribution >= 0.6 is 11.3 Å². The minimum absolute atomic E-state index is 0.279. The van der Waals surface area contributed by atoms with Gasteiger partial charge in [-0.3, -0.25) is 10.1 Å².